The normalized spacial score (nSPS) is 15.2. The number of rotatable bonds is 3. The molecule has 2 unspecified atom stereocenters. The van der Waals surface area contributed by atoms with Gasteiger partial charge < -0.3 is 10.2 Å². The summed E-state index contributed by atoms with van der Waals surface area (Å²) in [5.74, 6) is -0.875. The molecule has 0 amide bonds. The van der Waals surface area contributed by atoms with Crippen molar-refractivity contribution in [2.24, 2.45) is 5.92 Å². The molecule has 0 aromatic heterocycles. The first-order valence-electron chi connectivity index (χ1n) is 4.85. The Kier molecular flexibility index (Phi) is 4.73. The number of benzene rings is 1. The zero-order valence-corrected chi connectivity index (χ0v) is 11.3. The van der Waals surface area contributed by atoms with Crippen molar-refractivity contribution in [2.45, 2.75) is 26.1 Å². The van der Waals surface area contributed by atoms with Gasteiger partial charge in [-0.25, -0.2) is 4.39 Å². The highest BCUT2D eigenvalue weighted by molar-refractivity contribution is 9.10. The van der Waals surface area contributed by atoms with Crippen molar-refractivity contribution >= 4 is 27.5 Å². The van der Waals surface area contributed by atoms with Gasteiger partial charge in [-0.3, -0.25) is 0 Å². The Morgan fingerprint density at radius 1 is 1.31 bits per heavy atom. The molecular weight excluding hydrogens is 298 g/mol. The van der Waals surface area contributed by atoms with Crippen LogP contribution in [0.15, 0.2) is 16.6 Å². The molecule has 2 nitrogen and oxygen atoms in total. The molecule has 2 N–H and O–H groups in total. The highest BCUT2D eigenvalue weighted by atomic mass is 79.9. The van der Waals surface area contributed by atoms with Gasteiger partial charge in [-0.2, -0.15) is 0 Å². The molecule has 1 aromatic carbocycles. The first-order chi connectivity index (χ1) is 7.36. The van der Waals surface area contributed by atoms with Gasteiger partial charge in [0.05, 0.1) is 11.1 Å². The predicted octanol–water partition coefficient (Wildman–Crippen LogP) is 3.29. The summed E-state index contributed by atoms with van der Waals surface area (Å²) < 4.78 is 14.1. The molecule has 0 saturated heterocycles. The van der Waals surface area contributed by atoms with E-state index in [4.69, 9.17) is 11.6 Å². The number of hydrogen-bond donors (Lipinski definition) is 2. The van der Waals surface area contributed by atoms with E-state index in [0.717, 1.165) is 0 Å². The second-order valence-electron chi connectivity index (χ2n) is 3.94. The van der Waals surface area contributed by atoms with E-state index in [1.807, 2.05) is 0 Å². The molecule has 0 aliphatic heterocycles. The Bertz CT molecular complexity index is 384. The van der Waals surface area contributed by atoms with Crippen LogP contribution in [0.25, 0.3) is 0 Å². The smallest absolute Gasteiger partial charge is 0.148 e. The van der Waals surface area contributed by atoms with Crippen LogP contribution in [0, 0.1) is 11.7 Å². The molecule has 1 rings (SSSR count). The summed E-state index contributed by atoms with van der Waals surface area (Å²) in [6, 6.07) is 2.94. The van der Waals surface area contributed by atoms with Crippen molar-refractivity contribution in [2.75, 3.05) is 0 Å². The molecule has 0 aliphatic carbocycles. The van der Waals surface area contributed by atoms with E-state index in [2.05, 4.69) is 15.9 Å². The van der Waals surface area contributed by atoms with Gasteiger partial charge in [0, 0.05) is 10.0 Å². The topological polar surface area (TPSA) is 40.5 Å². The Labute approximate surface area is 107 Å². The molecule has 90 valence electrons. The Balaban J connectivity index is 3.10. The molecule has 0 fully saturated rings. The van der Waals surface area contributed by atoms with Gasteiger partial charge in [-0.05, 0) is 27.9 Å². The standard InChI is InChI=1S/C11H13BrClFO2/c1-5(2)10(15)11(16)6-3-4-7(12)8(13)9(6)14/h3-5,10-11,15-16H,1-2H3. The number of aliphatic hydroxyl groups is 2. The summed E-state index contributed by atoms with van der Waals surface area (Å²) in [5, 5.41) is 19.4. The monoisotopic (exact) mass is 310 g/mol. The van der Waals surface area contributed by atoms with Crippen LogP contribution >= 0.6 is 27.5 Å². The first-order valence-corrected chi connectivity index (χ1v) is 6.03. The molecular formula is C11H13BrClFO2. The summed E-state index contributed by atoms with van der Waals surface area (Å²) in [6.45, 7) is 3.48. The minimum absolute atomic E-state index is 0.00870. The van der Waals surface area contributed by atoms with Gasteiger partial charge in [0.2, 0.25) is 0 Å². The zero-order chi connectivity index (χ0) is 12.5. The van der Waals surface area contributed by atoms with Crippen LogP contribution in [0.1, 0.15) is 25.5 Å². The average molecular weight is 312 g/mol. The Morgan fingerprint density at radius 2 is 1.88 bits per heavy atom. The lowest BCUT2D eigenvalue weighted by Crippen LogP contribution is -2.24. The average Bonchev–Trinajstić information content (AvgIpc) is 2.24. The van der Waals surface area contributed by atoms with E-state index < -0.39 is 18.0 Å². The lowest BCUT2D eigenvalue weighted by Gasteiger charge is -2.22. The molecule has 0 bridgehead atoms. The maximum Gasteiger partial charge on any atom is 0.148 e. The maximum atomic E-state index is 13.7. The summed E-state index contributed by atoms with van der Waals surface area (Å²) in [6.07, 6.45) is -2.29. The lowest BCUT2D eigenvalue weighted by molar-refractivity contribution is -0.0112. The van der Waals surface area contributed by atoms with E-state index in [9.17, 15) is 14.6 Å². The summed E-state index contributed by atoms with van der Waals surface area (Å²) in [4.78, 5) is 0. The molecule has 0 radical (unpaired) electrons. The zero-order valence-electron chi connectivity index (χ0n) is 8.92. The van der Waals surface area contributed by atoms with Crippen molar-refractivity contribution < 1.29 is 14.6 Å². The molecule has 5 heteroatoms. The summed E-state index contributed by atoms with van der Waals surface area (Å²) in [5.41, 5.74) is 0.00870. The SMILES string of the molecule is CC(C)C(O)C(O)c1ccc(Br)c(Cl)c1F. The molecule has 1 aromatic rings. The fourth-order valence-electron chi connectivity index (χ4n) is 1.32. The van der Waals surface area contributed by atoms with Crippen molar-refractivity contribution in [3.63, 3.8) is 0 Å². The second kappa shape index (κ2) is 5.45. The highest BCUT2D eigenvalue weighted by Gasteiger charge is 2.25. The van der Waals surface area contributed by atoms with Crippen molar-refractivity contribution in [3.8, 4) is 0 Å². The van der Waals surface area contributed by atoms with Crippen molar-refractivity contribution in [3.05, 3.63) is 33.0 Å². The third kappa shape index (κ3) is 2.74. The number of hydrogen-bond acceptors (Lipinski definition) is 2. The maximum absolute atomic E-state index is 13.7. The van der Waals surface area contributed by atoms with Crippen LogP contribution in [-0.4, -0.2) is 16.3 Å². The van der Waals surface area contributed by atoms with Gasteiger partial charge in [0.25, 0.3) is 0 Å². The minimum atomic E-state index is -1.27. The molecule has 2 atom stereocenters. The second-order valence-corrected chi connectivity index (χ2v) is 5.18. The van der Waals surface area contributed by atoms with Gasteiger partial charge >= 0.3 is 0 Å². The van der Waals surface area contributed by atoms with Crippen LogP contribution in [0.5, 0.6) is 0 Å². The van der Waals surface area contributed by atoms with E-state index in [1.165, 1.54) is 12.1 Å². The van der Waals surface area contributed by atoms with Gasteiger partial charge in [0.1, 0.15) is 11.9 Å². The Morgan fingerprint density at radius 3 is 2.38 bits per heavy atom. The largest absolute Gasteiger partial charge is 0.390 e. The van der Waals surface area contributed by atoms with E-state index >= 15 is 0 Å². The predicted molar refractivity (Wildman–Crippen MR) is 64.9 cm³/mol. The lowest BCUT2D eigenvalue weighted by atomic mass is 9.96. The quantitative estimate of drug-likeness (QED) is 0.841. The van der Waals surface area contributed by atoms with E-state index in [-0.39, 0.29) is 16.5 Å². The third-order valence-electron chi connectivity index (χ3n) is 2.39. The molecule has 0 saturated carbocycles. The van der Waals surface area contributed by atoms with Crippen LogP contribution in [0.3, 0.4) is 0 Å². The van der Waals surface area contributed by atoms with Gasteiger partial charge in [-0.1, -0.05) is 31.5 Å². The molecule has 0 heterocycles. The van der Waals surface area contributed by atoms with Gasteiger partial charge in [-0.15, -0.1) is 0 Å². The van der Waals surface area contributed by atoms with Crippen LogP contribution in [0.2, 0.25) is 5.02 Å². The van der Waals surface area contributed by atoms with Crippen LogP contribution in [-0.2, 0) is 0 Å². The highest BCUT2D eigenvalue weighted by Crippen LogP contribution is 2.32. The number of aliphatic hydroxyl groups excluding tert-OH is 2. The van der Waals surface area contributed by atoms with E-state index in [1.54, 1.807) is 13.8 Å². The fourth-order valence-corrected chi connectivity index (χ4v) is 1.80. The van der Waals surface area contributed by atoms with Gasteiger partial charge in [0.15, 0.2) is 0 Å². The fraction of sp³-hybridized carbons (Fsp3) is 0.455. The molecule has 16 heavy (non-hydrogen) atoms. The number of halogens is 3. The molecule has 0 spiro atoms. The van der Waals surface area contributed by atoms with E-state index in [0.29, 0.717) is 4.47 Å². The van der Waals surface area contributed by atoms with Crippen LogP contribution < -0.4 is 0 Å². The minimum Gasteiger partial charge on any atom is -0.390 e. The summed E-state index contributed by atoms with van der Waals surface area (Å²) in [7, 11) is 0. The third-order valence-corrected chi connectivity index (χ3v) is 3.65. The summed E-state index contributed by atoms with van der Waals surface area (Å²) >= 11 is 8.78. The molecule has 0 aliphatic rings. The van der Waals surface area contributed by atoms with Crippen molar-refractivity contribution in [1.29, 1.82) is 0 Å². The van der Waals surface area contributed by atoms with Crippen LogP contribution in [0.4, 0.5) is 4.39 Å². The van der Waals surface area contributed by atoms with Crippen molar-refractivity contribution in [1.82, 2.24) is 0 Å². The first kappa shape index (κ1) is 13.9. The Hall–Kier alpha value is -0.160.